The van der Waals surface area contributed by atoms with Crippen LogP contribution in [0.4, 0.5) is 0 Å². The first-order valence-corrected chi connectivity index (χ1v) is 2.65. The topological polar surface area (TPSA) is 27.7 Å². The van der Waals surface area contributed by atoms with Crippen molar-refractivity contribution in [3.63, 3.8) is 0 Å². The van der Waals surface area contributed by atoms with Crippen LogP contribution in [0.5, 0.6) is 0 Å². The molecule has 3 nitrogen and oxygen atoms in total. The van der Waals surface area contributed by atoms with E-state index < -0.39 is 0 Å². The fourth-order valence-corrected chi connectivity index (χ4v) is 0.640. The van der Waals surface area contributed by atoms with Crippen molar-refractivity contribution in [2.75, 3.05) is 26.9 Å². The summed E-state index contributed by atoms with van der Waals surface area (Å²) < 4.78 is 14.9. The molecule has 0 atom stereocenters. The van der Waals surface area contributed by atoms with Gasteiger partial charge in [-0.05, 0) is 0 Å². The van der Waals surface area contributed by atoms with Crippen molar-refractivity contribution < 1.29 is 14.2 Å². The molecule has 1 aliphatic rings. The van der Waals surface area contributed by atoms with Gasteiger partial charge >= 0.3 is 0 Å². The lowest BCUT2D eigenvalue weighted by Gasteiger charge is -2.04. The van der Waals surface area contributed by atoms with Crippen molar-refractivity contribution in [3.05, 3.63) is 0 Å². The van der Waals surface area contributed by atoms with Crippen LogP contribution in [-0.2, 0) is 14.2 Å². The highest BCUT2D eigenvalue weighted by Crippen LogP contribution is 2.02. The number of ether oxygens (including phenoxy) is 3. The van der Waals surface area contributed by atoms with Crippen molar-refractivity contribution in [1.29, 1.82) is 0 Å². The van der Waals surface area contributed by atoms with E-state index >= 15 is 0 Å². The van der Waals surface area contributed by atoms with Gasteiger partial charge in [-0.2, -0.15) is 0 Å². The molecule has 0 aromatic carbocycles. The minimum atomic E-state index is -0.111. The molecule has 0 spiro atoms. The van der Waals surface area contributed by atoms with Crippen molar-refractivity contribution >= 4 is 0 Å². The van der Waals surface area contributed by atoms with Crippen molar-refractivity contribution in [1.82, 2.24) is 0 Å². The van der Waals surface area contributed by atoms with Gasteiger partial charge in [-0.15, -0.1) is 0 Å². The Balaban J connectivity index is 2.06. The highest BCUT2D eigenvalue weighted by Gasteiger charge is 2.14. The monoisotopic (exact) mass is 118 g/mol. The van der Waals surface area contributed by atoms with Crippen LogP contribution < -0.4 is 0 Å². The van der Waals surface area contributed by atoms with Crippen molar-refractivity contribution in [3.8, 4) is 0 Å². The lowest BCUT2D eigenvalue weighted by atomic mass is 10.7. The molecule has 0 aliphatic carbocycles. The molecule has 0 saturated carbocycles. The summed E-state index contributed by atoms with van der Waals surface area (Å²) in [6.07, 6.45) is -0.111. The molecule has 0 aromatic heterocycles. The summed E-state index contributed by atoms with van der Waals surface area (Å²) in [5.41, 5.74) is 0. The van der Waals surface area contributed by atoms with E-state index in [-0.39, 0.29) is 6.29 Å². The molecule has 0 unspecified atom stereocenters. The Hall–Kier alpha value is -0.120. The van der Waals surface area contributed by atoms with Gasteiger partial charge in [0.1, 0.15) is 0 Å². The summed E-state index contributed by atoms with van der Waals surface area (Å²) in [6, 6.07) is 0. The quantitative estimate of drug-likeness (QED) is 0.511. The second-order valence-corrected chi connectivity index (χ2v) is 1.63. The Bertz CT molecular complexity index is 58.7. The lowest BCUT2D eigenvalue weighted by molar-refractivity contribution is -0.0846. The number of hydrogen-bond donors (Lipinski definition) is 0. The predicted molar refractivity (Wildman–Crippen MR) is 27.6 cm³/mol. The van der Waals surface area contributed by atoms with Gasteiger partial charge in [-0.25, -0.2) is 0 Å². The average molecular weight is 118 g/mol. The first-order chi connectivity index (χ1) is 3.93. The molecule has 3 heteroatoms. The number of rotatable bonds is 2. The zero-order valence-corrected chi connectivity index (χ0v) is 4.92. The Labute approximate surface area is 48.5 Å². The first-order valence-electron chi connectivity index (χ1n) is 2.65. The van der Waals surface area contributed by atoms with Gasteiger partial charge in [0.05, 0.1) is 19.8 Å². The maximum Gasteiger partial charge on any atom is 0.181 e. The van der Waals surface area contributed by atoms with Crippen LogP contribution in [0.1, 0.15) is 0 Å². The Morgan fingerprint density at radius 2 is 2.12 bits per heavy atom. The van der Waals surface area contributed by atoms with Crippen molar-refractivity contribution in [2.24, 2.45) is 0 Å². The van der Waals surface area contributed by atoms with Gasteiger partial charge in [0.2, 0.25) is 0 Å². The number of hydrogen-bond acceptors (Lipinski definition) is 3. The second-order valence-electron chi connectivity index (χ2n) is 1.63. The molecule has 0 amide bonds. The lowest BCUT2D eigenvalue weighted by Crippen LogP contribution is -2.14. The van der Waals surface area contributed by atoms with Gasteiger partial charge in [-0.3, -0.25) is 0 Å². The van der Waals surface area contributed by atoms with E-state index in [2.05, 4.69) is 0 Å². The molecule has 48 valence electrons. The fourth-order valence-electron chi connectivity index (χ4n) is 0.640. The van der Waals surface area contributed by atoms with Crippen molar-refractivity contribution in [2.45, 2.75) is 6.29 Å². The molecule has 1 aliphatic heterocycles. The van der Waals surface area contributed by atoms with E-state index in [9.17, 15) is 0 Å². The van der Waals surface area contributed by atoms with Crippen LogP contribution in [0, 0.1) is 0 Å². The first kappa shape index (κ1) is 6.01. The SMILES string of the molecule is COCC1OCCO1. The Morgan fingerprint density at radius 3 is 2.62 bits per heavy atom. The molecule has 0 bridgehead atoms. The summed E-state index contributed by atoms with van der Waals surface area (Å²) >= 11 is 0. The normalized spacial score (nSPS) is 22.1. The fraction of sp³-hybridized carbons (Fsp3) is 1.00. The molecule has 1 saturated heterocycles. The van der Waals surface area contributed by atoms with Gasteiger partial charge in [-0.1, -0.05) is 0 Å². The molecular weight excluding hydrogens is 108 g/mol. The third kappa shape index (κ3) is 1.43. The van der Waals surface area contributed by atoms with E-state index in [1.165, 1.54) is 0 Å². The van der Waals surface area contributed by atoms with Crippen LogP contribution >= 0.6 is 0 Å². The van der Waals surface area contributed by atoms with Crippen LogP contribution in [0.25, 0.3) is 0 Å². The van der Waals surface area contributed by atoms with Gasteiger partial charge in [0.15, 0.2) is 6.29 Å². The van der Waals surface area contributed by atoms with Gasteiger partial charge in [0.25, 0.3) is 0 Å². The summed E-state index contributed by atoms with van der Waals surface area (Å²) in [7, 11) is 1.63. The maximum absolute atomic E-state index is 5.05. The van der Waals surface area contributed by atoms with E-state index in [0.717, 1.165) is 0 Å². The van der Waals surface area contributed by atoms with Crippen LogP contribution in [0.3, 0.4) is 0 Å². The van der Waals surface area contributed by atoms with E-state index in [4.69, 9.17) is 14.2 Å². The third-order valence-corrected chi connectivity index (χ3v) is 0.994. The molecule has 0 radical (unpaired) electrons. The van der Waals surface area contributed by atoms with Crippen LogP contribution in [0.15, 0.2) is 0 Å². The molecule has 0 aromatic rings. The van der Waals surface area contributed by atoms with Gasteiger partial charge in [0, 0.05) is 7.11 Å². The minimum Gasteiger partial charge on any atom is -0.379 e. The zero-order chi connectivity index (χ0) is 5.82. The average Bonchev–Trinajstić information content (AvgIpc) is 2.19. The molecule has 0 N–H and O–H groups in total. The van der Waals surface area contributed by atoms with Gasteiger partial charge < -0.3 is 14.2 Å². The standard InChI is InChI=1S/C5H10O3/c1-6-4-5-7-2-3-8-5/h5H,2-4H2,1H3. The summed E-state index contributed by atoms with van der Waals surface area (Å²) in [5.74, 6) is 0. The molecule has 1 heterocycles. The number of methoxy groups -OCH3 is 1. The molecule has 1 rings (SSSR count). The minimum absolute atomic E-state index is 0.111. The van der Waals surface area contributed by atoms with Crippen LogP contribution in [0.2, 0.25) is 0 Å². The zero-order valence-electron chi connectivity index (χ0n) is 4.92. The smallest absolute Gasteiger partial charge is 0.181 e. The van der Waals surface area contributed by atoms with Crippen LogP contribution in [-0.4, -0.2) is 33.2 Å². The van der Waals surface area contributed by atoms with E-state index in [1.54, 1.807) is 7.11 Å². The Morgan fingerprint density at radius 1 is 1.50 bits per heavy atom. The molecule has 1 fully saturated rings. The second kappa shape index (κ2) is 3.02. The Kier molecular flexibility index (Phi) is 2.27. The summed E-state index contributed by atoms with van der Waals surface area (Å²) in [6.45, 7) is 1.95. The maximum atomic E-state index is 5.05. The van der Waals surface area contributed by atoms with E-state index in [1.807, 2.05) is 0 Å². The molecular formula is C5H10O3. The van der Waals surface area contributed by atoms with E-state index in [0.29, 0.717) is 19.8 Å². The highest BCUT2D eigenvalue weighted by atomic mass is 16.7. The molecule has 8 heavy (non-hydrogen) atoms. The summed E-state index contributed by atoms with van der Waals surface area (Å²) in [4.78, 5) is 0. The largest absolute Gasteiger partial charge is 0.379 e. The summed E-state index contributed by atoms with van der Waals surface area (Å²) in [5, 5.41) is 0. The predicted octanol–water partition coefficient (Wildman–Crippen LogP) is 0.00570. The highest BCUT2D eigenvalue weighted by molar-refractivity contribution is 4.47. The third-order valence-electron chi connectivity index (χ3n) is 0.994.